The number of phenolic OH excluding ortho intramolecular Hbond substituents is 1. The van der Waals surface area contributed by atoms with Crippen molar-refractivity contribution >= 4 is 33.6 Å². The van der Waals surface area contributed by atoms with Gasteiger partial charge in [-0.25, -0.2) is 13.6 Å². The Morgan fingerprint density at radius 2 is 2.08 bits per heavy atom. The number of fused-ring (bicyclic) bond motifs is 3. The van der Waals surface area contributed by atoms with Crippen LogP contribution in [-0.4, -0.2) is 70.4 Å². The number of methoxy groups -OCH3 is 1. The van der Waals surface area contributed by atoms with Crippen molar-refractivity contribution < 1.29 is 28.2 Å². The predicted molar refractivity (Wildman–Crippen MR) is 130 cm³/mol. The molecule has 0 aliphatic carbocycles. The number of ether oxygens (including phenoxy) is 2. The normalized spacial score (nSPS) is 17.1. The van der Waals surface area contributed by atoms with E-state index in [0.29, 0.717) is 36.2 Å². The van der Waals surface area contributed by atoms with Crippen molar-refractivity contribution in [3.05, 3.63) is 47.7 Å². The molecule has 6 rings (SSSR count). The molecule has 0 bridgehead atoms. The third-order valence-electron chi connectivity index (χ3n) is 6.69. The third-order valence-corrected chi connectivity index (χ3v) is 6.69. The number of carbonyl (C=O) groups excluding carboxylic acids is 1. The predicted octanol–water partition coefficient (Wildman–Crippen LogP) is 3.46. The number of terminal acetylenes is 1. The fourth-order valence-corrected chi connectivity index (χ4v) is 4.98. The lowest BCUT2D eigenvalue weighted by Crippen LogP contribution is -2.52. The van der Waals surface area contributed by atoms with Gasteiger partial charge in [0.2, 0.25) is 0 Å². The number of carbonyl (C=O) groups is 1. The minimum absolute atomic E-state index is 0.0594. The molecular formula is C26H19F2N5O4. The van der Waals surface area contributed by atoms with E-state index in [2.05, 4.69) is 20.9 Å². The van der Waals surface area contributed by atoms with Crippen molar-refractivity contribution in [1.82, 2.24) is 19.9 Å². The number of cyclic esters (lactones) is 1. The average molecular weight is 503 g/mol. The minimum Gasteiger partial charge on any atom is -0.508 e. The second-order valence-electron chi connectivity index (χ2n) is 8.75. The summed E-state index contributed by atoms with van der Waals surface area (Å²) in [6, 6.07) is 5.13. The summed E-state index contributed by atoms with van der Waals surface area (Å²) in [5.74, 6) is 1.10. The van der Waals surface area contributed by atoms with Gasteiger partial charge in [-0.1, -0.05) is 12.0 Å². The van der Waals surface area contributed by atoms with E-state index in [4.69, 9.17) is 15.9 Å². The number of nitrogens with zero attached hydrogens (tertiary/aromatic N) is 5. The molecule has 37 heavy (non-hydrogen) atoms. The highest BCUT2D eigenvalue weighted by Gasteiger charge is 2.38. The van der Waals surface area contributed by atoms with E-state index < -0.39 is 11.6 Å². The lowest BCUT2D eigenvalue weighted by Gasteiger charge is -2.36. The maximum Gasteiger partial charge on any atom is 0.410 e. The Morgan fingerprint density at radius 1 is 1.24 bits per heavy atom. The van der Waals surface area contributed by atoms with Crippen LogP contribution < -0.4 is 9.64 Å². The molecule has 11 heteroatoms. The molecule has 2 saturated heterocycles. The summed E-state index contributed by atoms with van der Waals surface area (Å²) in [4.78, 5) is 28.5. The first-order valence-electron chi connectivity index (χ1n) is 11.4. The minimum atomic E-state index is -0.809. The summed E-state index contributed by atoms with van der Waals surface area (Å²) < 4.78 is 41.1. The SMILES string of the molecule is C#Cc1c(F)ccc2cc(O)cc(-c3ncc4c(N5CCN6C(=O)OCC6C5)nc(OC)nc4c3F)c12. The molecule has 4 heterocycles. The van der Waals surface area contributed by atoms with E-state index in [1.54, 1.807) is 4.90 Å². The van der Waals surface area contributed by atoms with Crippen LogP contribution in [0.25, 0.3) is 32.9 Å². The van der Waals surface area contributed by atoms with Gasteiger partial charge in [0, 0.05) is 36.8 Å². The number of hydrogen-bond acceptors (Lipinski definition) is 8. The number of hydrogen-bond donors (Lipinski definition) is 1. The standard InChI is InChI=1S/C26H19F2N5O4/c1-3-16-19(27)5-4-13-8-15(34)9-17(20(13)16)22-21(28)23-18(10-29-22)24(31-25(30-23)36-2)32-6-7-33-14(11-32)12-37-26(33)35/h1,4-5,8-10,14,34H,6-7,11-12H2,2H3. The van der Waals surface area contributed by atoms with Crippen molar-refractivity contribution in [1.29, 1.82) is 0 Å². The molecule has 0 spiro atoms. The van der Waals surface area contributed by atoms with E-state index in [0.717, 1.165) is 0 Å². The number of halogens is 2. The maximum absolute atomic E-state index is 16.2. The fraction of sp³-hybridized carbons (Fsp3) is 0.231. The number of piperazine rings is 1. The van der Waals surface area contributed by atoms with E-state index in [1.807, 2.05) is 4.90 Å². The number of pyridine rings is 1. The van der Waals surface area contributed by atoms with Gasteiger partial charge in [0.15, 0.2) is 5.82 Å². The molecule has 2 fully saturated rings. The molecule has 186 valence electrons. The lowest BCUT2D eigenvalue weighted by molar-refractivity contribution is 0.157. The number of amides is 1. The van der Waals surface area contributed by atoms with Gasteiger partial charge in [-0.15, -0.1) is 6.42 Å². The van der Waals surface area contributed by atoms with E-state index in [-0.39, 0.29) is 58.2 Å². The smallest absolute Gasteiger partial charge is 0.410 e. The zero-order valence-corrected chi connectivity index (χ0v) is 19.5. The first-order valence-corrected chi connectivity index (χ1v) is 11.4. The van der Waals surface area contributed by atoms with Crippen LogP contribution in [-0.2, 0) is 4.74 Å². The molecule has 1 N–H and O–H groups in total. The summed E-state index contributed by atoms with van der Waals surface area (Å²) in [5, 5.41) is 11.3. The van der Waals surface area contributed by atoms with Crippen LogP contribution in [0.4, 0.5) is 19.4 Å². The van der Waals surface area contributed by atoms with Crippen molar-refractivity contribution in [2.75, 3.05) is 38.3 Å². The van der Waals surface area contributed by atoms with E-state index in [1.165, 1.54) is 37.6 Å². The van der Waals surface area contributed by atoms with Gasteiger partial charge in [0.05, 0.1) is 24.1 Å². The highest BCUT2D eigenvalue weighted by Crippen LogP contribution is 2.39. The van der Waals surface area contributed by atoms with E-state index >= 15 is 4.39 Å². The summed E-state index contributed by atoms with van der Waals surface area (Å²) in [5.41, 5.74) is -0.179. The number of rotatable bonds is 3. The van der Waals surface area contributed by atoms with Gasteiger partial charge in [-0.3, -0.25) is 9.88 Å². The highest BCUT2D eigenvalue weighted by molar-refractivity contribution is 6.03. The number of phenols is 1. The molecular weight excluding hydrogens is 484 g/mol. The second kappa shape index (κ2) is 8.44. The molecule has 9 nitrogen and oxygen atoms in total. The van der Waals surface area contributed by atoms with Crippen molar-refractivity contribution in [2.24, 2.45) is 0 Å². The summed E-state index contributed by atoms with van der Waals surface area (Å²) in [6.07, 6.45) is 6.65. The zero-order chi connectivity index (χ0) is 25.8. The number of benzene rings is 2. The van der Waals surface area contributed by atoms with E-state index in [9.17, 15) is 14.3 Å². The average Bonchev–Trinajstić information content (AvgIpc) is 3.28. The Hall–Kier alpha value is -4.72. The van der Waals surface area contributed by atoms with Crippen LogP contribution >= 0.6 is 0 Å². The van der Waals surface area contributed by atoms with Gasteiger partial charge in [-0.2, -0.15) is 9.97 Å². The van der Waals surface area contributed by atoms with Crippen LogP contribution in [0.5, 0.6) is 11.8 Å². The molecule has 0 saturated carbocycles. The molecule has 4 aromatic rings. The number of anilines is 1. The summed E-state index contributed by atoms with van der Waals surface area (Å²) >= 11 is 0. The second-order valence-corrected chi connectivity index (χ2v) is 8.75. The Morgan fingerprint density at radius 3 is 2.86 bits per heavy atom. The molecule has 0 radical (unpaired) electrons. The monoisotopic (exact) mass is 503 g/mol. The van der Waals surface area contributed by atoms with Crippen LogP contribution in [0.3, 0.4) is 0 Å². The Balaban J connectivity index is 1.54. The van der Waals surface area contributed by atoms with Gasteiger partial charge < -0.3 is 19.5 Å². The van der Waals surface area contributed by atoms with Crippen LogP contribution in [0.15, 0.2) is 30.5 Å². The third kappa shape index (κ3) is 3.52. The van der Waals surface area contributed by atoms with Gasteiger partial charge in [0.25, 0.3) is 0 Å². The molecule has 1 unspecified atom stereocenters. The summed E-state index contributed by atoms with van der Waals surface area (Å²) in [6.45, 7) is 1.53. The molecule has 2 aromatic carbocycles. The van der Waals surface area contributed by atoms with Gasteiger partial charge >= 0.3 is 12.1 Å². The topological polar surface area (TPSA) is 101 Å². The molecule has 1 amide bonds. The molecule has 1 atom stereocenters. The number of aromatic hydroxyl groups is 1. The fourth-order valence-electron chi connectivity index (χ4n) is 4.98. The number of aromatic nitrogens is 3. The largest absolute Gasteiger partial charge is 0.508 e. The Bertz CT molecular complexity index is 1650. The van der Waals surface area contributed by atoms with Crippen LogP contribution in [0.2, 0.25) is 0 Å². The molecule has 2 aromatic heterocycles. The first kappa shape index (κ1) is 22.7. The summed E-state index contributed by atoms with van der Waals surface area (Å²) in [7, 11) is 1.37. The van der Waals surface area contributed by atoms with Crippen molar-refractivity contribution in [3.63, 3.8) is 0 Å². The Labute approximate surface area is 209 Å². The Kier molecular flexibility index (Phi) is 5.19. The maximum atomic E-state index is 16.2. The lowest BCUT2D eigenvalue weighted by atomic mass is 9.96. The van der Waals surface area contributed by atoms with Crippen molar-refractivity contribution in [2.45, 2.75) is 6.04 Å². The zero-order valence-electron chi connectivity index (χ0n) is 19.5. The molecule has 2 aliphatic rings. The van der Waals surface area contributed by atoms with Crippen LogP contribution in [0, 0.1) is 24.0 Å². The highest BCUT2D eigenvalue weighted by atomic mass is 19.1. The van der Waals surface area contributed by atoms with Gasteiger partial charge in [0.1, 0.15) is 35.2 Å². The quantitative estimate of drug-likeness (QED) is 0.425. The van der Waals surface area contributed by atoms with Crippen molar-refractivity contribution in [3.8, 4) is 35.4 Å². The van der Waals surface area contributed by atoms with Crippen LogP contribution in [0.1, 0.15) is 5.56 Å². The molecule has 2 aliphatic heterocycles. The first-order chi connectivity index (χ1) is 17.9. The van der Waals surface area contributed by atoms with Gasteiger partial charge in [-0.05, 0) is 23.6 Å².